The summed E-state index contributed by atoms with van der Waals surface area (Å²) in [6.45, 7) is 3.63. The second-order valence-corrected chi connectivity index (χ2v) is 7.63. The van der Waals surface area contributed by atoms with Crippen molar-refractivity contribution in [3.8, 4) is 11.3 Å². The zero-order chi connectivity index (χ0) is 19.8. The molecule has 1 unspecified atom stereocenters. The van der Waals surface area contributed by atoms with Gasteiger partial charge in [-0.1, -0.05) is 0 Å². The Morgan fingerprint density at radius 3 is 2.86 bits per heavy atom. The normalized spacial score (nSPS) is 19.8. The second kappa shape index (κ2) is 7.53. The maximum Gasteiger partial charge on any atom is 0.241 e. The SMILES string of the molecule is CNC1Cc2nc(-c3ccn4nc(NC5CCOCC5)ncc34)ccc2N=C1C. The molecule has 0 saturated carbocycles. The van der Waals surface area contributed by atoms with E-state index in [9.17, 15) is 0 Å². The highest BCUT2D eigenvalue weighted by molar-refractivity contribution is 5.92. The molecule has 1 saturated heterocycles. The number of aromatic nitrogens is 4. The number of nitrogens with zero attached hydrogens (tertiary/aromatic N) is 5. The van der Waals surface area contributed by atoms with Crippen molar-refractivity contribution in [3.05, 3.63) is 36.3 Å². The molecule has 0 amide bonds. The van der Waals surface area contributed by atoms with E-state index >= 15 is 0 Å². The average Bonchev–Trinajstić information content (AvgIpc) is 3.17. The molecule has 5 rings (SSSR count). The van der Waals surface area contributed by atoms with Gasteiger partial charge in [-0.3, -0.25) is 9.98 Å². The quantitative estimate of drug-likeness (QED) is 0.711. The minimum absolute atomic E-state index is 0.234. The number of anilines is 1. The number of nitrogens with one attached hydrogen (secondary N) is 2. The van der Waals surface area contributed by atoms with Gasteiger partial charge >= 0.3 is 0 Å². The van der Waals surface area contributed by atoms with Gasteiger partial charge in [-0.2, -0.15) is 0 Å². The van der Waals surface area contributed by atoms with E-state index < -0.39 is 0 Å². The van der Waals surface area contributed by atoms with E-state index in [1.807, 2.05) is 36.1 Å². The van der Waals surface area contributed by atoms with Gasteiger partial charge in [-0.15, -0.1) is 5.10 Å². The van der Waals surface area contributed by atoms with Crippen molar-refractivity contribution in [3.63, 3.8) is 0 Å². The molecule has 0 aromatic carbocycles. The van der Waals surface area contributed by atoms with Gasteiger partial charge in [0.2, 0.25) is 5.95 Å². The fourth-order valence-corrected chi connectivity index (χ4v) is 4.02. The largest absolute Gasteiger partial charge is 0.381 e. The summed E-state index contributed by atoms with van der Waals surface area (Å²) in [5.41, 5.74) is 5.96. The van der Waals surface area contributed by atoms with Crippen LogP contribution in [0.2, 0.25) is 0 Å². The van der Waals surface area contributed by atoms with Crippen LogP contribution < -0.4 is 10.6 Å². The third-order valence-corrected chi connectivity index (χ3v) is 5.74. The van der Waals surface area contributed by atoms with Crippen molar-refractivity contribution in [1.82, 2.24) is 24.9 Å². The zero-order valence-electron chi connectivity index (χ0n) is 16.7. The Morgan fingerprint density at radius 1 is 1.17 bits per heavy atom. The van der Waals surface area contributed by atoms with E-state index in [0.717, 1.165) is 66.3 Å². The molecule has 2 aliphatic rings. The molecule has 0 bridgehead atoms. The Morgan fingerprint density at radius 2 is 2.03 bits per heavy atom. The molecule has 1 atom stereocenters. The van der Waals surface area contributed by atoms with Gasteiger partial charge in [0, 0.05) is 43.1 Å². The number of hydrogen-bond acceptors (Lipinski definition) is 7. The van der Waals surface area contributed by atoms with Crippen molar-refractivity contribution in [2.24, 2.45) is 4.99 Å². The molecule has 0 radical (unpaired) electrons. The van der Waals surface area contributed by atoms with E-state index in [1.54, 1.807) is 0 Å². The van der Waals surface area contributed by atoms with Gasteiger partial charge in [0.25, 0.3) is 0 Å². The smallest absolute Gasteiger partial charge is 0.241 e. The lowest BCUT2D eigenvalue weighted by molar-refractivity contribution is 0.0903. The second-order valence-electron chi connectivity index (χ2n) is 7.63. The summed E-state index contributed by atoms with van der Waals surface area (Å²) < 4.78 is 7.28. The molecule has 5 heterocycles. The van der Waals surface area contributed by atoms with E-state index in [-0.39, 0.29) is 6.04 Å². The number of fused-ring (bicyclic) bond motifs is 2. The van der Waals surface area contributed by atoms with Crippen molar-refractivity contribution in [2.45, 2.75) is 38.3 Å². The van der Waals surface area contributed by atoms with Crippen LogP contribution in [0.3, 0.4) is 0 Å². The number of likely N-dealkylation sites (N-methyl/N-ethyl adjacent to an activating group) is 1. The molecule has 29 heavy (non-hydrogen) atoms. The number of aliphatic imine (C=N–C) groups is 1. The molecule has 2 N–H and O–H groups in total. The summed E-state index contributed by atoms with van der Waals surface area (Å²) >= 11 is 0. The first-order valence-electron chi connectivity index (χ1n) is 10.1. The predicted octanol–water partition coefficient (Wildman–Crippen LogP) is 2.62. The maximum absolute atomic E-state index is 5.41. The van der Waals surface area contributed by atoms with Crippen LogP contribution in [0.25, 0.3) is 16.8 Å². The van der Waals surface area contributed by atoms with Crippen molar-refractivity contribution in [1.29, 1.82) is 0 Å². The minimum Gasteiger partial charge on any atom is -0.381 e. The first-order chi connectivity index (χ1) is 14.2. The van der Waals surface area contributed by atoms with Gasteiger partial charge in [0.1, 0.15) is 0 Å². The Labute approximate surface area is 169 Å². The topological polar surface area (TPSA) is 88.7 Å². The molecule has 0 spiro atoms. The molecular formula is C21H25N7O. The van der Waals surface area contributed by atoms with E-state index in [4.69, 9.17) is 14.7 Å². The summed E-state index contributed by atoms with van der Waals surface area (Å²) in [6, 6.07) is 6.72. The van der Waals surface area contributed by atoms with Crippen LogP contribution in [0.5, 0.6) is 0 Å². The highest BCUT2D eigenvalue weighted by atomic mass is 16.5. The predicted molar refractivity (Wildman–Crippen MR) is 113 cm³/mol. The first kappa shape index (κ1) is 18.2. The molecule has 8 heteroatoms. The standard InChI is InChI=1S/C21H25N7O/c1-13-18(22-2)11-19-17(24-13)4-3-16(26-19)15-5-8-28-20(15)12-23-21(27-28)25-14-6-9-29-10-7-14/h3-5,8,12,14,18,22H,6-7,9-11H2,1-2H3,(H,25,27). The number of pyridine rings is 1. The first-order valence-corrected chi connectivity index (χ1v) is 10.1. The van der Waals surface area contributed by atoms with Crippen LogP contribution in [0, 0.1) is 0 Å². The van der Waals surface area contributed by atoms with Crippen LogP contribution in [0.1, 0.15) is 25.5 Å². The molecule has 8 nitrogen and oxygen atoms in total. The highest BCUT2D eigenvalue weighted by Crippen LogP contribution is 2.30. The molecule has 2 aliphatic heterocycles. The van der Waals surface area contributed by atoms with Gasteiger partial charge in [0.05, 0.1) is 34.8 Å². The van der Waals surface area contributed by atoms with Gasteiger partial charge in [-0.25, -0.2) is 9.50 Å². The lowest BCUT2D eigenvalue weighted by atomic mass is 10.0. The Balaban J connectivity index is 1.44. The van der Waals surface area contributed by atoms with Crippen molar-refractivity contribution >= 4 is 22.9 Å². The summed E-state index contributed by atoms with van der Waals surface area (Å²) in [5.74, 6) is 0.645. The lowest BCUT2D eigenvalue weighted by Gasteiger charge is -2.23. The van der Waals surface area contributed by atoms with Gasteiger partial charge in [0.15, 0.2) is 0 Å². The highest BCUT2D eigenvalue weighted by Gasteiger charge is 2.21. The third-order valence-electron chi connectivity index (χ3n) is 5.74. The molecular weight excluding hydrogens is 366 g/mol. The van der Waals surface area contributed by atoms with E-state index in [2.05, 4.69) is 33.7 Å². The summed E-state index contributed by atoms with van der Waals surface area (Å²) in [5, 5.41) is 11.4. The Bertz CT molecular complexity index is 1070. The number of rotatable bonds is 4. The molecule has 3 aromatic heterocycles. The lowest BCUT2D eigenvalue weighted by Crippen LogP contribution is -2.36. The van der Waals surface area contributed by atoms with Crippen LogP contribution in [-0.2, 0) is 11.2 Å². The molecule has 0 aliphatic carbocycles. The summed E-state index contributed by atoms with van der Waals surface area (Å²) in [7, 11) is 1.96. The zero-order valence-corrected chi connectivity index (χ0v) is 16.7. The van der Waals surface area contributed by atoms with Gasteiger partial charge in [-0.05, 0) is 45.0 Å². The van der Waals surface area contributed by atoms with E-state index in [0.29, 0.717) is 12.0 Å². The summed E-state index contributed by atoms with van der Waals surface area (Å²) in [4.78, 5) is 14.1. The molecule has 150 valence electrons. The van der Waals surface area contributed by atoms with Crippen molar-refractivity contribution < 1.29 is 4.74 Å². The fraction of sp³-hybridized carbons (Fsp3) is 0.429. The van der Waals surface area contributed by atoms with Crippen LogP contribution in [-0.4, -0.2) is 57.6 Å². The Kier molecular flexibility index (Phi) is 4.73. The van der Waals surface area contributed by atoms with Crippen LogP contribution in [0.15, 0.2) is 35.6 Å². The van der Waals surface area contributed by atoms with E-state index in [1.165, 1.54) is 0 Å². The van der Waals surface area contributed by atoms with Gasteiger partial charge < -0.3 is 15.4 Å². The molecule has 3 aromatic rings. The van der Waals surface area contributed by atoms with Crippen LogP contribution in [0.4, 0.5) is 11.6 Å². The monoisotopic (exact) mass is 391 g/mol. The molecule has 1 fully saturated rings. The fourth-order valence-electron chi connectivity index (χ4n) is 4.02. The maximum atomic E-state index is 5.41. The number of hydrogen-bond donors (Lipinski definition) is 2. The third kappa shape index (κ3) is 3.49. The summed E-state index contributed by atoms with van der Waals surface area (Å²) in [6.07, 6.45) is 6.63. The Hall–Kier alpha value is -2.84. The average molecular weight is 391 g/mol. The minimum atomic E-state index is 0.234. The van der Waals surface area contributed by atoms with Crippen molar-refractivity contribution in [2.75, 3.05) is 25.6 Å². The van der Waals surface area contributed by atoms with Crippen LogP contribution >= 0.6 is 0 Å². The number of ether oxygens (including phenoxy) is 1.